The molecule has 2 aliphatic heterocycles. The molecule has 0 bridgehead atoms. The average molecular weight is 485 g/mol. The number of hydrogen-bond acceptors (Lipinski definition) is 4. The van der Waals surface area contributed by atoms with Crippen LogP contribution in [-0.2, 0) is 9.53 Å². The highest BCUT2D eigenvalue weighted by molar-refractivity contribution is 5.82. The van der Waals surface area contributed by atoms with Crippen LogP contribution in [0.5, 0.6) is 5.75 Å². The van der Waals surface area contributed by atoms with Crippen LogP contribution in [0.2, 0.25) is 0 Å². The molecule has 3 atom stereocenters. The lowest BCUT2D eigenvalue weighted by atomic mass is 9.82. The van der Waals surface area contributed by atoms with Crippen LogP contribution in [0.1, 0.15) is 42.0 Å². The van der Waals surface area contributed by atoms with E-state index in [1.165, 1.54) is 22.3 Å². The third-order valence-electron chi connectivity index (χ3n) is 7.45. The Balaban J connectivity index is 1.43. The summed E-state index contributed by atoms with van der Waals surface area (Å²) in [4.78, 5) is 16.1. The van der Waals surface area contributed by atoms with Gasteiger partial charge in [0, 0.05) is 25.6 Å². The number of hydrogen-bond donors (Lipinski definition) is 1. The van der Waals surface area contributed by atoms with Crippen molar-refractivity contribution >= 4 is 5.91 Å². The molecule has 1 amide bonds. The molecule has 188 valence electrons. The summed E-state index contributed by atoms with van der Waals surface area (Å²) < 4.78 is 11.6. The molecule has 0 aromatic heterocycles. The zero-order chi connectivity index (χ0) is 24.9. The van der Waals surface area contributed by atoms with Crippen LogP contribution in [0.4, 0.5) is 0 Å². The molecule has 0 radical (unpaired) electrons. The lowest BCUT2D eigenvalue weighted by Crippen LogP contribution is -2.47. The van der Waals surface area contributed by atoms with E-state index in [4.69, 9.17) is 9.47 Å². The van der Waals surface area contributed by atoms with Gasteiger partial charge in [0.15, 0.2) is 0 Å². The summed E-state index contributed by atoms with van der Waals surface area (Å²) in [5.41, 5.74) is 5.94. The van der Waals surface area contributed by atoms with Crippen LogP contribution >= 0.6 is 0 Å². The topological polar surface area (TPSA) is 50.8 Å². The van der Waals surface area contributed by atoms with Gasteiger partial charge in [-0.15, -0.1) is 0 Å². The number of rotatable bonds is 7. The number of nitrogens with zero attached hydrogens (tertiary/aromatic N) is 1. The SMILES string of the molecule is CCCOc1ccc(-c2ccccc2[C@@H]2CNCC2C(=O)N2CCOC[C@@H]2c2ccccc2)c(C)c1. The van der Waals surface area contributed by atoms with Crippen molar-refractivity contribution in [1.29, 1.82) is 0 Å². The van der Waals surface area contributed by atoms with Crippen LogP contribution in [0.3, 0.4) is 0 Å². The van der Waals surface area contributed by atoms with E-state index in [0.29, 0.717) is 26.3 Å². The molecule has 2 fully saturated rings. The molecular weight excluding hydrogens is 448 g/mol. The first-order valence-electron chi connectivity index (χ1n) is 13.1. The smallest absolute Gasteiger partial charge is 0.228 e. The first kappa shape index (κ1) is 24.5. The summed E-state index contributed by atoms with van der Waals surface area (Å²) >= 11 is 0. The summed E-state index contributed by atoms with van der Waals surface area (Å²) in [7, 11) is 0. The molecule has 2 aliphatic rings. The van der Waals surface area contributed by atoms with Crippen molar-refractivity contribution in [3.63, 3.8) is 0 Å². The Hall–Kier alpha value is -3.15. The van der Waals surface area contributed by atoms with E-state index in [0.717, 1.165) is 30.9 Å². The zero-order valence-electron chi connectivity index (χ0n) is 21.3. The van der Waals surface area contributed by atoms with Crippen molar-refractivity contribution in [1.82, 2.24) is 10.2 Å². The van der Waals surface area contributed by atoms with Crippen LogP contribution in [-0.4, -0.2) is 50.3 Å². The molecule has 36 heavy (non-hydrogen) atoms. The predicted octanol–water partition coefficient (Wildman–Crippen LogP) is 5.35. The Morgan fingerprint density at radius 3 is 2.64 bits per heavy atom. The quantitative estimate of drug-likeness (QED) is 0.491. The van der Waals surface area contributed by atoms with E-state index in [2.05, 4.69) is 78.7 Å². The molecular formula is C31H36N2O3. The van der Waals surface area contributed by atoms with Gasteiger partial charge in [0.2, 0.25) is 5.91 Å². The number of morpholine rings is 1. The van der Waals surface area contributed by atoms with Crippen LogP contribution in [0.15, 0.2) is 72.8 Å². The van der Waals surface area contributed by atoms with E-state index < -0.39 is 0 Å². The molecule has 2 heterocycles. The number of ether oxygens (including phenoxy) is 2. The predicted molar refractivity (Wildman–Crippen MR) is 143 cm³/mol. The maximum absolute atomic E-state index is 14.0. The molecule has 0 aliphatic carbocycles. The second kappa shape index (κ2) is 11.3. The van der Waals surface area contributed by atoms with Gasteiger partial charge in [0.1, 0.15) is 5.75 Å². The highest BCUT2D eigenvalue weighted by Crippen LogP contribution is 2.39. The van der Waals surface area contributed by atoms with Crippen molar-refractivity contribution < 1.29 is 14.3 Å². The number of carbonyl (C=O) groups excluding carboxylic acids is 1. The van der Waals surface area contributed by atoms with Gasteiger partial charge in [0.25, 0.3) is 0 Å². The van der Waals surface area contributed by atoms with E-state index in [9.17, 15) is 4.79 Å². The van der Waals surface area contributed by atoms with Gasteiger partial charge in [-0.1, -0.05) is 67.6 Å². The molecule has 0 spiro atoms. The molecule has 5 rings (SSSR count). The molecule has 2 saturated heterocycles. The van der Waals surface area contributed by atoms with Crippen molar-refractivity contribution in [2.24, 2.45) is 5.92 Å². The third-order valence-corrected chi connectivity index (χ3v) is 7.45. The number of amides is 1. The monoisotopic (exact) mass is 484 g/mol. The lowest BCUT2D eigenvalue weighted by molar-refractivity contribution is -0.144. The second-order valence-corrected chi connectivity index (χ2v) is 9.82. The minimum atomic E-state index is -0.108. The van der Waals surface area contributed by atoms with Crippen molar-refractivity contribution in [3.8, 4) is 16.9 Å². The van der Waals surface area contributed by atoms with Gasteiger partial charge in [0.05, 0.1) is 31.8 Å². The highest BCUT2D eigenvalue weighted by Gasteiger charge is 2.40. The molecule has 5 heteroatoms. The Morgan fingerprint density at radius 1 is 1.03 bits per heavy atom. The van der Waals surface area contributed by atoms with Gasteiger partial charge in [-0.2, -0.15) is 0 Å². The van der Waals surface area contributed by atoms with Crippen LogP contribution in [0, 0.1) is 12.8 Å². The fourth-order valence-electron chi connectivity index (χ4n) is 5.61. The Morgan fingerprint density at radius 2 is 1.83 bits per heavy atom. The van der Waals surface area contributed by atoms with E-state index in [-0.39, 0.29) is 23.8 Å². The van der Waals surface area contributed by atoms with Gasteiger partial charge < -0.3 is 19.7 Å². The minimum absolute atomic E-state index is 0.0400. The lowest BCUT2D eigenvalue weighted by Gasteiger charge is -2.38. The molecule has 1 unspecified atom stereocenters. The number of nitrogens with one attached hydrogen (secondary N) is 1. The Kier molecular flexibility index (Phi) is 7.69. The molecule has 1 N–H and O–H groups in total. The standard InChI is InChI=1S/C31H36N2O3/c1-3-16-36-24-13-14-25(22(2)18-24)26-11-7-8-12-27(26)28-19-32-20-29(28)31(34)33-15-17-35-21-30(33)23-9-5-4-6-10-23/h4-14,18,28-30,32H,3,15-17,19-21H2,1-2H3/t28-,29?,30+/m0/s1. The number of carbonyl (C=O) groups is 1. The fraction of sp³-hybridized carbons (Fsp3) is 0.387. The molecule has 5 nitrogen and oxygen atoms in total. The number of aryl methyl sites for hydroxylation is 1. The summed E-state index contributed by atoms with van der Waals surface area (Å²) in [6.07, 6.45) is 0.988. The second-order valence-electron chi connectivity index (χ2n) is 9.82. The van der Waals surface area contributed by atoms with Gasteiger partial charge in [-0.25, -0.2) is 0 Å². The normalized spacial score (nSPS) is 21.9. The van der Waals surface area contributed by atoms with Crippen molar-refractivity contribution in [2.45, 2.75) is 32.2 Å². The highest BCUT2D eigenvalue weighted by atomic mass is 16.5. The van der Waals surface area contributed by atoms with Gasteiger partial charge in [-0.05, 0) is 53.3 Å². The van der Waals surface area contributed by atoms with E-state index in [1.807, 2.05) is 18.2 Å². The molecule has 3 aromatic carbocycles. The molecule has 0 saturated carbocycles. The Bertz CT molecular complexity index is 1180. The summed E-state index contributed by atoms with van der Waals surface area (Å²) in [5.74, 6) is 1.13. The molecule has 3 aromatic rings. The van der Waals surface area contributed by atoms with Gasteiger partial charge in [-0.3, -0.25) is 4.79 Å². The first-order valence-corrected chi connectivity index (χ1v) is 13.1. The largest absolute Gasteiger partial charge is 0.494 e. The van der Waals surface area contributed by atoms with Crippen molar-refractivity contribution in [3.05, 3.63) is 89.5 Å². The maximum Gasteiger partial charge on any atom is 0.228 e. The average Bonchev–Trinajstić information content (AvgIpc) is 3.42. The summed E-state index contributed by atoms with van der Waals surface area (Å²) in [6.45, 7) is 8.22. The fourth-order valence-corrected chi connectivity index (χ4v) is 5.61. The Labute approximate surface area is 214 Å². The van der Waals surface area contributed by atoms with Crippen LogP contribution in [0.25, 0.3) is 11.1 Å². The van der Waals surface area contributed by atoms with E-state index in [1.54, 1.807) is 0 Å². The van der Waals surface area contributed by atoms with E-state index >= 15 is 0 Å². The van der Waals surface area contributed by atoms with Crippen LogP contribution < -0.4 is 10.1 Å². The van der Waals surface area contributed by atoms with Gasteiger partial charge >= 0.3 is 0 Å². The minimum Gasteiger partial charge on any atom is -0.494 e. The number of benzene rings is 3. The van der Waals surface area contributed by atoms with Crippen molar-refractivity contribution in [2.75, 3.05) is 39.5 Å². The summed E-state index contributed by atoms with van der Waals surface area (Å²) in [6, 6.07) is 25.1. The summed E-state index contributed by atoms with van der Waals surface area (Å²) in [5, 5.41) is 3.52. The third kappa shape index (κ3) is 5.04. The zero-order valence-corrected chi connectivity index (χ0v) is 21.3. The first-order chi connectivity index (χ1) is 17.7. The maximum atomic E-state index is 14.0.